The van der Waals surface area contributed by atoms with E-state index in [-0.39, 0.29) is 0 Å². The fourth-order valence-corrected chi connectivity index (χ4v) is 7.89. The molecule has 0 aliphatic heterocycles. The Bertz CT molecular complexity index is 3220. The molecule has 3 aromatic heterocycles. The number of furan rings is 1. The minimum Gasteiger partial charge on any atom is -0.455 e. The molecule has 286 valence electrons. The van der Waals surface area contributed by atoms with Crippen LogP contribution in [0.2, 0.25) is 0 Å². The molecular weight excluding hydrogens is 749 g/mol. The predicted molar refractivity (Wildman–Crippen MR) is 244 cm³/mol. The Morgan fingerprint density at radius 3 is 1.16 bits per heavy atom. The average Bonchev–Trinajstić information content (AvgIpc) is 3.74. The van der Waals surface area contributed by atoms with Crippen molar-refractivity contribution >= 4 is 21.9 Å². The molecule has 0 aliphatic carbocycles. The summed E-state index contributed by atoms with van der Waals surface area (Å²) in [5, 5.41) is 2.08. The fourth-order valence-electron chi connectivity index (χ4n) is 7.89. The lowest BCUT2D eigenvalue weighted by atomic mass is 9.94. The van der Waals surface area contributed by atoms with Gasteiger partial charge in [-0.05, 0) is 28.8 Å². The van der Waals surface area contributed by atoms with Crippen LogP contribution in [0.4, 0.5) is 0 Å². The molecule has 7 nitrogen and oxygen atoms in total. The summed E-state index contributed by atoms with van der Waals surface area (Å²) < 4.78 is 6.84. The highest BCUT2D eigenvalue weighted by molar-refractivity contribution is 6.16. The highest BCUT2D eigenvalue weighted by Crippen LogP contribution is 2.43. The maximum atomic E-state index is 6.84. The largest absolute Gasteiger partial charge is 0.455 e. The Labute approximate surface area is 351 Å². The van der Waals surface area contributed by atoms with Gasteiger partial charge in [-0.1, -0.05) is 194 Å². The quantitative estimate of drug-likeness (QED) is 0.152. The topological polar surface area (TPSA) is 90.5 Å². The molecular formula is C54H34N6O. The van der Waals surface area contributed by atoms with Crippen LogP contribution >= 0.6 is 0 Å². The maximum Gasteiger partial charge on any atom is 0.164 e. The zero-order chi connectivity index (χ0) is 40.5. The van der Waals surface area contributed by atoms with Gasteiger partial charge in [-0.2, -0.15) is 0 Å². The van der Waals surface area contributed by atoms with Gasteiger partial charge >= 0.3 is 0 Å². The Hall–Kier alpha value is -8.42. The summed E-state index contributed by atoms with van der Waals surface area (Å²) in [4.78, 5) is 30.6. The Morgan fingerprint density at radius 2 is 0.672 bits per heavy atom. The first-order chi connectivity index (χ1) is 30.2. The van der Waals surface area contributed by atoms with Crippen molar-refractivity contribution in [3.8, 4) is 90.6 Å². The number of hydrogen-bond donors (Lipinski definition) is 0. The first-order valence-electron chi connectivity index (χ1n) is 20.1. The number of fused-ring (bicyclic) bond motifs is 3. The first kappa shape index (κ1) is 35.7. The second-order valence-corrected chi connectivity index (χ2v) is 14.7. The van der Waals surface area contributed by atoms with E-state index in [1.165, 1.54) is 0 Å². The summed E-state index contributed by atoms with van der Waals surface area (Å²) in [6.07, 6.45) is 0. The monoisotopic (exact) mass is 782 g/mol. The standard InChI is InChI=1S/C54H34N6O/c1-6-18-35(19-7-1)41-28-17-31-46-47(41)44-30-16-29-43(48(44)61-46)42-33-32-40(53-57-49(36-20-8-2-9-21-36)55-50(58-53)37-22-10-3-11-23-37)34-45(42)54-59-51(38-24-12-4-13-25-38)56-52(60-54)39-26-14-5-15-27-39/h1-34H. The summed E-state index contributed by atoms with van der Waals surface area (Å²) in [6, 6.07) is 69.3. The summed E-state index contributed by atoms with van der Waals surface area (Å²) >= 11 is 0. The van der Waals surface area contributed by atoms with E-state index in [9.17, 15) is 0 Å². The van der Waals surface area contributed by atoms with Crippen LogP contribution in [0, 0.1) is 0 Å². The zero-order valence-corrected chi connectivity index (χ0v) is 32.7. The predicted octanol–water partition coefficient (Wildman–Crippen LogP) is 13.3. The molecule has 0 radical (unpaired) electrons. The summed E-state index contributed by atoms with van der Waals surface area (Å²) in [6.45, 7) is 0. The Balaban J connectivity index is 1.18. The molecule has 11 aromatic rings. The number of rotatable bonds is 8. The van der Waals surface area contributed by atoms with Crippen molar-refractivity contribution in [2.75, 3.05) is 0 Å². The number of aromatic nitrogens is 6. The lowest BCUT2D eigenvalue weighted by Crippen LogP contribution is -2.03. The van der Waals surface area contributed by atoms with Gasteiger partial charge in [0.2, 0.25) is 0 Å². The van der Waals surface area contributed by atoms with Crippen LogP contribution in [0.5, 0.6) is 0 Å². The molecule has 0 N–H and O–H groups in total. The van der Waals surface area contributed by atoms with E-state index in [1.54, 1.807) is 0 Å². The van der Waals surface area contributed by atoms with Gasteiger partial charge in [0.25, 0.3) is 0 Å². The van der Waals surface area contributed by atoms with Gasteiger partial charge < -0.3 is 4.42 Å². The summed E-state index contributed by atoms with van der Waals surface area (Å²) in [5.41, 5.74) is 10.7. The van der Waals surface area contributed by atoms with Crippen LogP contribution in [0.25, 0.3) is 113 Å². The maximum absolute atomic E-state index is 6.84. The minimum atomic E-state index is 0.503. The molecule has 11 rings (SSSR count). The van der Waals surface area contributed by atoms with Crippen molar-refractivity contribution in [1.82, 2.24) is 29.9 Å². The Morgan fingerprint density at radius 1 is 0.262 bits per heavy atom. The lowest BCUT2D eigenvalue weighted by molar-refractivity contribution is 0.670. The summed E-state index contributed by atoms with van der Waals surface area (Å²) in [7, 11) is 0. The molecule has 0 spiro atoms. The number of para-hydroxylation sites is 1. The molecule has 0 saturated heterocycles. The van der Waals surface area contributed by atoms with E-state index >= 15 is 0 Å². The van der Waals surface area contributed by atoms with Gasteiger partial charge in [0, 0.05) is 49.7 Å². The van der Waals surface area contributed by atoms with E-state index < -0.39 is 0 Å². The number of nitrogens with zero attached hydrogens (tertiary/aromatic N) is 6. The van der Waals surface area contributed by atoms with Gasteiger partial charge in [-0.25, -0.2) is 29.9 Å². The third kappa shape index (κ3) is 6.80. The molecule has 0 saturated carbocycles. The van der Waals surface area contributed by atoms with Crippen molar-refractivity contribution < 1.29 is 4.42 Å². The normalized spacial score (nSPS) is 11.3. The molecule has 7 heteroatoms. The second kappa shape index (κ2) is 15.4. The third-order valence-corrected chi connectivity index (χ3v) is 10.8. The number of benzene rings is 8. The van der Waals surface area contributed by atoms with Crippen molar-refractivity contribution in [2.45, 2.75) is 0 Å². The van der Waals surface area contributed by atoms with Crippen molar-refractivity contribution in [2.24, 2.45) is 0 Å². The molecule has 0 fully saturated rings. The lowest BCUT2D eigenvalue weighted by Gasteiger charge is -2.14. The average molecular weight is 783 g/mol. The van der Waals surface area contributed by atoms with E-state index in [2.05, 4.69) is 72.8 Å². The van der Waals surface area contributed by atoms with Crippen LogP contribution < -0.4 is 0 Å². The zero-order valence-electron chi connectivity index (χ0n) is 32.7. The van der Waals surface area contributed by atoms with Crippen LogP contribution in [0.1, 0.15) is 0 Å². The fraction of sp³-hybridized carbons (Fsp3) is 0. The highest BCUT2D eigenvalue weighted by Gasteiger charge is 2.22. The molecule has 0 aliphatic rings. The first-order valence-corrected chi connectivity index (χ1v) is 20.1. The van der Waals surface area contributed by atoms with Gasteiger partial charge in [0.15, 0.2) is 34.9 Å². The van der Waals surface area contributed by atoms with Gasteiger partial charge in [-0.15, -0.1) is 0 Å². The van der Waals surface area contributed by atoms with Crippen LogP contribution in [-0.4, -0.2) is 29.9 Å². The van der Waals surface area contributed by atoms with Crippen molar-refractivity contribution in [3.05, 3.63) is 206 Å². The van der Waals surface area contributed by atoms with Crippen molar-refractivity contribution in [1.29, 1.82) is 0 Å². The Kier molecular flexibility index (Phi) is 9.02. The van der Waals surface area contributed by atoms with Gasteiger partial charge in [0.1, 0.15) is 11.2 Å². The van der Waals surface area contributed by atoms with E-state index in [0.29, 0.717) is 34.9 Å². The van der Waals surface area contributed by atoms with Crippen LogP contribution in [0.15, 0.2) is 211 Å². The molecule has 0 atom stereocenters. The van der Waals surface area contributed by atoms with E-state index in [1.807, 2.05) is 133 Å². The van der Waals surface area contributed by atoms with Gasteiger partial charge in [-0.3, -0.25) is 0 Å². The van der Waals surface area contributed by atoms with Crippen LogP contribution in [-0.2, 0) is 0 Å². The van der Waals surface area contributed by atoms with E-state index in [0.717, 1.165) is 77.6 Å². The highest BCUT2D eigenvalue weighted by atomic mass is 16.3. The molecule has 0 amide bonds. The van der Waals surface area contributed by atoms with Gasteiger partial charge in [0.05, 0.1) is 0 Å². The molecule has 8 aromatic carbocycles. The second-order valence-electron chi connectivity index (χ2n) is 14.7. The number of hydrogen-bond acceptors (Lipinski definition) is 7. The molecule has 0 bridgehead atoms. The van der Waals surface area contributed by atoms with Crippen molar-refractivity contribution in [3.63, 3.8) is 0 Å². The minimum absolute atomic E-state index is 0.503. The SMILES string of the molecule is c1ccc(-c2nc(-c3ccccc3)nc(-c3ccc(-c4cccc5c4oc4cccc(-c6ccccc6)c45)c(-c4nc(-c5ccccc5)nc(-c5ccccc5)n4)c3)n2)cc1. The smallest absolute Gasteiger partial charge is 0.164 e. The molecule has 0 unspecified atom stereocenters. The summed E-state index contributed by atoms with van der Waals surface area (Å²) in [5.74, 6) is 3.31. The van der Waals surface area contributed by atoms with Crippen LogP contribution in [0.3, 0.4) is 0 Å². The van der Waals surface area contributed by atoms with E-state index in [4.69, 9.17) is 34.3 Å². The third-order valence-electron chi connectivity index (χ3n) is 10.8. The molecule has 3 heterocycles. The molecule has 61 heavy (non-hydrogen) atoms.